The average molecular weight is 398 g/mol. The van der Waals surface area contributed by atoms with Crippen molar-refractivity contribution in [2.45, 2.75) is 25.7 Å². The van der Waals surface area contributed by atoms with E-state index in [1.807, 2.05) is 41.3 Å². The average Bonchev–Trinajstić information content (AvgIpc) is 2.78. The van der Waals surface area contributed by atoms with E-state index in [0.29, 0.717) is 30.4 Å². The lowest BCUT2D eigenvalue weighted by Gasteiger charge is -2.32. The van der Waals surface area contributed by atoms with Crippen LogP contribution in [0.1, 0.15) is 35.2 Å². The first-order chi connectivity index (χ1) is 14.2. The van der Waals surface area contributed by atoms with Gasteiger partial charge in [-0.1, -0.05) is 24.3 Å². The highest BCUT2D eigenvalue weighted by molar-refractivity contribution is 5.97. The number of ether oxygens (including phenoxy) is 3. The number of benzene rings is 2. The molecular formula is C24H31NO4. The van der Waals surface area contributed by atoms with Crippen molar-refractivity contribution >= 4 is 5.91 Å². The number of likely N-dealkylation sites (tertiary alicyclic amines) is 1. The minimum absolute atomic E-state index is 0.0617. The molecule has 1 aliphatic heterocycles. The highest BCUT2D eigenvalue weighted by atomic mass is 16.5. The summed E-state index contributed by atoms with van der Waals surface area (Å²) in [5, 5.41) is 0. The van der Waals surface area contributed by atoms with Gasteiger partial charge in [0, 0.05) is 20.2 Å². The third kappa shape index (κ3) is 5.97. The first-order valence-electron chi connectivity index (χ1n) is 10.3. The topological polar surface area (TPSA) is 48.0 Å². The fourth-order valence-corrected chi connectivity index (χ4v) is 3.76. The number of para-hydroxylation sites is 1. The van der Waals surface area contributed by atoms with E-state index in [1.54, 1.807) is 14.2 Å². The molecule has 0 spiro atoms. The number of carbonyl (C=O) groups excluding carboxylic acids is 1. The molecule has 1 fully saturated rings. The Bertz CT molecular complexity index is 767. The Labute approximate surface area is 173 Å². The number of methoxy groups -OCH3 is 2. The number of hydrogen-bond acceptors (Lipinski definition) is 4. The number of carbonyl (C=O) groups is 1. The second-order valence-electron chi connectivity index (χ2n) is 7.46. The Balaban J connectivity index is 1.49. The minimum Gasteiger partial charge on any atom is -0.497 e. The maximum Gasteiger partial charge on any atom is 0.257 e. The fourth-order valence-electron chi connectivity index (χ4n) is 3.76. The Morgan fingerprint density at radius 1 is 1.00 bits per heavy atom. The molecule has 0 saturated carbocycles. The van der Waals surface area contributed by atoms with Crippen molar-refractivity contribution in [3.8, 4) is 11.5 Å². The summed E-state index contributed by atoms with van der Waals surface area (Å²) in [6.07, 6.45) is 4.33. The number of amides is 1. The fraction of sp³-hybridized carbons (Fsp3) is 0.458. The second kappa shape index (κ2) is 10.9. The van der Waals surface area contributed by atoms with Crippen molar-refractivity contribution in [3.05, 3.63) is 59.7 Å². The maximum absolute atomic E-state index is 13.0. The standard InChI is InChI=1S/C24H31NO4/c1-27-17-18-29-23-6-4-3-5-22(23)24(26)25-15-13-20(14-16-25)8-7-19-9-11-21(28-2)12-10-19/h3-6,9-12,20H,7-8,13-18H2,1-2H3. The molecule has 0 aliphatic carbocycles. The third-order valence-electron chi connectivity index (χ3n) is 5.56. The molecule has 156 valence electrons. The van der Waals surface area contributed by atoms with Crippen molar-refractivity contribution < 1.29 is 19.0 Å². The van der Waals surface area contributed by atoms with Crippen LogP contribution < -0.4 is 9.47 Å². The van der Waals surface area contributed by atoms with E-state index in [2.05, 4.69) is 12.1 Å². The third-order valence-corrected chi connectivity index (χ3v) is 5.56. The van der Waals surface area contributed by atoms with Crippen molar-refractivity contribution in [1.29, 1.82) is 0 Å². The zero-order chi connectivity index (χ0) is 20.5. The molecule has 0 aromatic heterocycles. The van der Waals surface area contributed by atoms with Gasteiger partial charge in [-0.25, -0.2) is 0 Å². The molecule has 0 bridgehead atoms. The van der Waals surface area contributed by atoms with Gasteiger partial charge in [0.15, 0.2) is 0 Å². The van der Waals surface area contributed by atoms with Crippen LogP contribution in [-0.2, 0) is 11.2 Å². The van der Waals surface area contributed by atoms with E-state index < -0.39 is 0 Å². The van der Waals surface area contributed by atoms with Gasteiger partial charge >= 0.3 is 0 Å². The molecule has 2 aromatic rings. The van der Waals surface area contributed by atoms with Gasteiger partial charge in [0.1, 0.15) is 18.1 Å². The quantitative estimate of drug-likeness (QED) is 0.595. The highest BCUT2D eigenvalue weighted by Gasteiger charge is 2.25. The first-order valence-corrected chi connectivity index (χ1v) is 10.3. The smallest absolute Gasteiger partial charge is 0.257 e. The van der Waals surface area contributed by atoms with Gasteiger partial charge < -0.3 is 19.1 Å². The van der Waals surface area contributed by atoms with Gasteiger partial charge in [0.2, 0.25) is 0 Å². The molecule has 5 nitrogen and oxygen atoms in total. The van der Waals surface area contributed by atoms with Crippen LogP contribution in [0.4, 0.5) is 0 Å². The van der Waals surface area contributed by atoms with Crippen LogP contribution in [0, 0.1) is 5.92 Å². The van der Waals surface area contributed by atoms with Crippen LogP contribution in [0.3, 0.4) is 0 Å². The molecule has 29 heavy (non-hydrogen) atoms. The molecular weight excluding hydrogens is 366 g/mol. The van der Waals surface area contributed by atoms with E-state index in [9.17, 15) is 4.79 Å². The molecule has 1 aliphatic rings. The van der Waals surface area contributed by atoms with E-state index >= 15 is 0 Å². The van der Waals surface area contributed by atoms with Crippen LogP contribution in [0.5, 0.6) is 11.5 Å². The number of hydrogen-bond donors (Lipinski definition) is 0. The molecule has 1 amide bonds. The molecule has 0 N–H and O–H groups in total. The summed E-state index contributed by atoms with van der Waals surface area (Å²) in [5.74, 6) is 2.25. The van der Waals surface area contributed by atoms with Crippen molar-refractivity contribution in [2.24, 2.45) is 5.92 Å². The molecule has 1 saturated heterocycles. The van der Waals surface area contributed by atoms with Crippen LogP contribution >= 0.6 is 0 Å². The van der Waals surface area contributed by atoms with E-state index in [4.69, 9.17) is 14.2 Å². The summed E-state index contributed by atoms with van der Waals surface area (Å²) in [7, 11) is 3.33. The van der Waals surface area contributed by atoms with Gasteiger partial charge in [-0.05, 0) is 61.4 Å². The van der Waals surface area contributed by atoms with Crippen molar-refractivity contribution in [3.63, 3.8) is 0 Å². The first kappa shape index (κ1) is 21.2. The monoisotopic (exact) mass is 397 g/mol. The number of nitrogens with zero attached hydrogens (tertiary/aromatic N) is 1. The summed E-state index contributed by atoms with van der Waals surface area (Å²) in [5.41, 5.74) is 1.98. The van der Waals surface area contributed by atoms with Crippen LogP contribution in [-0.4, -0.2) is 51.3 Å². The van der Waals surface area contributed by atoms with Gasteiger partial charge in [0.25, 0.3) is 5.91 Å². The number of rotatable bonds is 9. The molecule has 5 heteroatoms. The lowest BCUT2D eigenvalue weighted by molar-refractivity contribution is 0.0680. The van der Waals surface area contributed by atoms with Crippen molar-refractivity contribution in [2.75, 3.05) is 40.5 Å². The molecule has 0 radical (unpaired) electrons. The molecule has 1 heterocycles. The zero-order valence-corrected chi connectivity index (χ0v) is 17.4. The van der Waals surface area contributed by atoms with Gasteiger partial charge in [-0.3, -0.25) is 4.79 Å². The van der Waals surface area contributed by atoms with E-state index in [-0.39, 0.29) is 5.91 Å². The largest absolute Gasteiger partial charge is 0.497 e. The Morgan fingerprint density at radius 3 is 2.41 bits per heavy atom. The predicted molar refractivity (Wildman–Crippen MR) is 114 cm³/mol. The van der Waals surface area contributed by atoms with E-state index in [1.165, 1.54) is 5.56 Å². The predicted octanol–water partition coefficient (Wildman–Crippen LogP) is 4.21. The summed E-state index contributed by atoms with van der Waals surface area (Å²) < 4.78 is 16.0. The highest BCUT2D eigenvalue weighted by Crippen LogP contribution is 2.26. The summed E-state index contributed by atoms with van der Waals surface area (Å²) in [6, 6.07) is 15.8. The summed E-state index contributed by atoms with van der Waals surface area (Å²) >= 11 is 0. The van der Waals surface area contributed by atoms with Crippen LogP contribution in [0.25, 0.3) is 0 Å². The SMILES string of the molecule is COCCOc1ccccc1C(=O)N1CCC(CCc2ccc(OC)cc2)CC1. The van der Waals surface area contributed by atoms with Gasteiger partial charge in [-0.2, -0.15) is 0 Å². The van der Waals surface area contributed by atoms with Crippen LogP contribution in [0.2, 0.25) is 0 Å². The molecule has 0 unspecified atom stereocenters. The molecule has 0 atom stereocenters. The van der Waals surface area contributed by atoms with Crippen LogP contribution in [0.15, 0.2) is 48.5 Å². The van der Waals surface area contributed by atoms with Gasteiger partial charge in [0.05, 0.1) is 19.3 Å². The maximum atomic E-state index is 13.0. The van der Waals surface area contributed by atoms with E-state index in [0.717, 1.165) is 44.5 Å². The Kier molecular flexibility index (Phi) is 7.94. The minimum atomic E-state index is 0.0617. The van der Waals surface area contributed by atoms with Gasteiger partial charge in [-0.15, -0.1) is 0 Å². The Hall–Kier alpha value is -2.53. The normalized spacial score (nSPS) is 14.6. The van der Waals surface area contributed by atoms with Crippen molar-refractivity contribution in [1.82, 2.24) is 4.90 Å². The summed E-state index contributed by atoms with van der Waals surface area (Å²) in [4.78, 5) is 15.0. The molecule has 3 rings (SSSR count). The lowest BCUT2D eigenvalue weighted by atomic mass is 9.90. The summed E-state index contributed by atoms with van der Waals surface area (Å²) in [6.45, 7) is 2.55. The zero-order valence-electron chi connectivity index (χ0n) is 17.4. The number of aryl methyl sites for hydroxylation is 1. The number of piperidine rings is 1. The second-order valence-corrected chi connectivity index (χ2v) is 7.46. The molecule has 2 aromatic carbocycles. The lowest BCUT2D eigenvalue weighted by Crippen LogP contribution is -2.38. The Morgan fingerprint density at radius 2 is 1.72 bits per heavy atom.